The minimum Gasteiger partial charge on any atom is -0.0839 e. The Bertz CT molecular complexity index is 1910. The minimum absolute atomic E-state index is 0.724. The van der Waals surface area contributed by atoms with E-state index in [1.807, 2.05) is 0 Å². The quantitative estimate of drug-likeness (QED) is 0.211. The molecular formula is C40H32. The maximum absolute atomic E-state index is 2.49. The predicted molar refractivity (Wildman–Crippen MR) is 172 cm³/mol. The smallest absolute Gasteiger partial charge is 0.00201 e. The van der Waals surface area contributed by atoms with Crippen LogP contribution in [0.3, 0.4) is 0 Å². The van der Waals surface area contributed by atoms with Crippen LogP contribution in [0.25, 0.3) is 49.0 Å². The van der Waals surface area contributed by atoms with Crippen molar-refractivity contribution < 1.29 is 0 Å². The van der Waals surface area contributed by atoms with Gasteiger partial charge in [0.1, 0.15) is 0 Å². The Labute approximate surface area is 236 Å². The zero-order chi connectivity index (χ0) is 26.5. The van der Waals surface area contributed by atoms with Gasteiger partial charge in [0.15, 0.2) is 0 Å². The molecule has 3 aliphatic carbocycles. The van der Waals surface area contributed by atoms with E-state index >= 15 is 0 Å². The molecule has 0 nitrogen and oxygen atoms in total. The third-order valence-corrected chi connectivity index (χ3v) is 9.29. The summed E-state index contributed by atoms with van der Waals surface area (Å²) < 4.78 is 0. The maximum atomic E-state index is 2.49. The maximum Gasteiger partial charge on any atom is -0.00201 e. The topological polar surface area (TPSA) is 0 Å². The third kappa shape index (κ3) is 3.82. The highest BCUT2D eigenvalue weighted by molar-refractivity contribution is 6.21. The lowest BCUT2D eigenvalue weighted by molar-refractivity contribution is 0.554. The Morgan fingerprint density at radius 2 is 1.12 bits per heavy atom. The molecule has 5 aromatic carbocycles. The van der Waals surface area contributed by atoms with Crippen LogP contribution in [0.5, 0.6) is 0 Å². The Morgan fingerprint density at radius 3 is 1.85 bits per heavy atom. The third-order valence-electron chi connectivity index (χ3n) is 9.29. The molecule has 8 rings (SSSR count). The molecule has 0 N–H and O–H groups in total. The summed E-state index contributed by atoms with van der Waals surface area (Å²) in [5.74, 6) is 0.724. The van der Waals surface area contributed by atoms with Crippen molar-refractivity contribution in [2.45, 2.75) is 32.1 Å². The molecule has 1 atom stereocenters. The van der Waals surface area contributed by atoms with Crippen LogP contribution < -0.4 is 0 Å². The number of hydrogen-bond acceptors (Lipinski definition) is 0. The van der Waals surface area contributed by atoms with Crippen LogP contribution in [0.4, 0.5) is 0 Å². The molecule has 0 bridgehead atoms. The summed E-state index contributed by atoms with van der Waals surface area (Å²) in [6, 6.07) is 33.6. The minimum atomic E-state index is 0.724. The molecular weight excluding hydrogens is 480 g/mol. The fraction of sp³-hybridized carbons (Fsp3) is 0.150. The van der Waals surface area contributed by atoms with Gasteiger partial charge in [-0.3, -0.25) is 0 Å². The van der Waals surface area contributed by atoms with Crippen molar-refractivity contribution in [3.05, 3.63) is 150 Å². The first-order chi connectivity index (χ1) is 19.8. The molecule has 0 spiro atoms. The van der Waals surface area contributed by atoms with E-state index in [-0.39, 0.29) is 0 Å². The van der Waals surface area contributed by atoms with Gasteiger partial charge in [0.05, 0.1) is 0 Å². The van der Waals surface area contributed by atoms with Gasteiger partial charge in [-0.2, -0.15) is 0 Å². The van der Waals surface area contributed by atoms with E-state index in [4.69, 9.17) is 0 Å². The number of benzene rings is 5. The second-order valence-electron chi connectivity index (χ2n) is 11.5. The van der Waals surface area contributed by atoms with Gasteiger partial charge < -0.3 is 0 Å². The summed E-state index contributed by atoms with van der Waals surface area (Å²) in [5.41, 5.74) is 10.1. The van der Waals surface area contributed by atoms with E-state index in [0.29, 0.717) is 0 Å². The highest BCUT2D eigenvalue weighted by atomic mass is 14.3. The van der Waals surface area contributed by atoms with Crippen LogP contribution in [0, 0.1) is 5.92 Å². The van der Waals surface area contributed by atoms with Crippen molar-refractivity contribution in [2.24, 2.45) is 5.92 Å². The van der Waals surface area contributed by atoms with Crippen molar-refractivity contribution in [1.29, 1.82) is 0 Å². The van der Waals surface area contributed by atoms with Crippen molar-refractivity contribution >= 4 is 37.9 Å². The van der Waals surface area contributed by atoms with E-state index in [1.165, 1.54) is 85.0 Å². The van der Waals surface area contributed by atoms with Crippen LogP contribution in [0.1, 0.15) is 37.7 Å². The lowest BCUT2D eigenvalue weighted by Crippen LogP contribution is -2.11. The normalized spacial score (nSPS) is 18.8. The molecule has 5 aromatic rings. The van der Waals surface area contributed by atoms with Gasteiger partial charge >= 0.3 is 0 Å². The Hall–Kier alpha value is -4.42. The average molecular weight is 513 g/mol. The molecule has 0 fully saturated rings. The summed E-state index contributed by atoms with van der Waals surface area (Å²) in [6.07, 6.45) is 20.1. The monoisotopic (exact) mass is 512 g/mol. The molecule has 0 aromatic heterocycles. The molecule has 0 saturated carbocycles. The number of allylic oxidation sites excluding steroid dienone is 10. The fourth-order valence-corrected chi connectivity index (χ4v) is 7.32. The van der Waals surface area contributed by atoms with E-state index < -0.39 is 0 Å². The highest BCUT2D eigenvalue weighted by Gasteiger charge is 2.23. The van der Waals surface area contributed by atoms with Gasteiger partial charge in [-0.1, -0.05) is 127 Å². The van der Waals surface area contributed by atoms with Crippen LogP contribution in [-0.4, -0.2) is 0 Å². The van der Waals surface area contributed by atoms with Crippen molar-refractivity contribution in [3.63, 3.8) is 0 Å². The fourth-order valence-electron chi connectivity index (χ4n) is 7.32. The summed E-state index contributed by atoms with van der Waals surface area (Å²) in [5, 5.41) is 7.97. The first kappa shape index (κ1) is 23.5. The molecule has 1 unspecified atom stereocenters. The van der Waals surface area contributed by atoms with Gasteiger partial charge in [0, 0.05) is 0 Å². The largest absolute Gasteiger partial charge is 0.0839 e. The van der Waals surface area contributed by atoms with Crippen LogP contribution in [0.15, 0.2) is 144 Å². The van der Waals surface area contributed by atoms with Gasteiger partial charge in [0.2, 0.25) is 0 Å². The van der Waals surface area contributed by atoms with Gasteiger partial charge in [0.25, 0.3) is 0 Å². The Balaban J connectivity index is 1.32. The number of rotatable bonds is 3. The highest BCUT2D eigenvalue weighted by Crippen LogP contribution is 2.46. The lowest BCUT2D eigenvalue weighted by Gasteiger charge is -2.28. The zero-order valence-corrected chi connectivity index (χ0v) is 22.7. The van der Waals surface area contributed by atoms with E-state index in [1.54, 1.807) is 5.57 Å². The molecule has 0 heteroatoms. The Morgan fingerprint density at radius 1 is 0.500 bits per heavy atom. The van der Waals surface area contributed by atoms with Crippen LogP contribution in [-0.2, 0) is 0 Å². The van der Waals surface area contributed by atoms with Crippen molar-refractivity contribution in [3.8, 4) is 11.1 Å². The second-order valence-corrected chi connectivity index (χ2v) is 11.5. The average Bonchev–Trinajstić information content (AvgIpc) is 3.03. The first-order valence-corrected chi connectivity index (χ1v) is 14.7. The molecule has 0 amide bonds. The predicted octanol–water partition coefficient (Wildman–Crippen LogP) is 11.1. The van der Waals surface area contributed by atoms with Gasteiger partial charge in [-0.05, 0) is 109 Å². The molecule has 192 valence electrons. The SMILES string of the molecule is C1=CCC2CCC(C3=CC=C(c4c5ccccc5c(-c5cccc6ccccc56)c5ccccc45)CC3)=CC2=C1. The molecule has 3 aliphatic rings. The van der Waals surface area contributed by atoms with Crippen molar-refractivity contribution in [1.82, 2.24) is 0 Å². The summed E-state index contributed by atoms with van der Waals surface area (Å²) >= 11 is 0. The molecule has 0 saturated heterocycles. The summed E-state index contributed by atoms with van der Waals surface area (Å²) in [4.78, 5) is 0. The summed E-state index contributed by atoms with van der Waals surface area (Å²) in [6.45, 7) is 0. The lowest BCUT2D eigenvalue weighted by atomic mass is 9.77. The standard InChI is InChI=1S/C40H32/c1-2-12-31-26-32(25-22-27(31)10-1)28-20-23-30(24-21-28)39-35-15-5-7-17-37(35)40(38-18-8-6-16-36(38)39)34-19-9-13-29-11-3-4-14-33(29)34/h1-9,11-20,23,26-27H,10,21-22,24-25H2. The number of fused-ring (bicyclic) bond motifs is 4. The second kappa shape index (κ2) is 9.65. The Kier molecular flexibility index (Phi) is 5.66. The van der Waals surface area contributed by atoms with Crippen LogP contribution in [0.2, 0.25) is 0 Å². The zero-order valence-electron chi connectivity index (χ0n) is 22.7. The van der Waals surface area contributed by atoms with Crippen molar-refractivity contribution in [2.75, 3.05) is 0 Å². The van der Waals surface area contributed by atoms with E-state index in [2.05, 4.69) is 127 Å². The summed E-state index contributed by atoms with van der Waals surface area (Å²) in [7, 11) is 0. The van der Waals surface area contributed by atoms with Gasteiger partial charge in [-0.15, -0.1) is 0 Å². The molecule has 40 heavy (non-hydrogen) atoms. The van der Waals surface area contributed by atoms with Crippen LogP contribution >= 0.6 is 0 Å². The van der Waals surface area contributed by atoms with E-state index in [9.17, 15) is 0 Å². The van der Waals surface area contributed by atoms with E-state index in [0.717, 1.165) is 18.8 Å². The first-order valence-electron chi connectivity index (χ1n) is 14.7. The van der Waals surface area contributed by atoms with Gasteiger partial charge in [-0.25, -0.2) is 0 Å². The molecule has 0 radical (unpaired) electrons. The molecule has 0 aliphatic heterocycles. The number of hydrogen-bond donors (Lipinski definition) is 0. The molecule has 0 heterocycles.